The van der Waals surface area contributed by atoms with E-state index >= 15 is 0 Å². The molecule has 2 rings (SSSR count). The highest BCUT2D eigenvalue weighted by molar-refractivity contribution is 6.05. The molecule has 1 unspecified atom stereocenters. The van der Waals surface area contributed by atoms with Gasteiger partial charge in [0.25, 0.3) is 0 Å². The van der Waals surface area contributed by atoms with Gasteiger partial charge in [-0.25, -0.2) is 0 Å². The van der Waals surface area contributed by atoms with Gasteiger partial charge in [0.05, 0.1) is 12.5 Å². The first-order valence-electron chi connectivity index (χ1n) is 6.15. The Labute approximate surface area is 118 Å². The summed E-state index contributed by atoms with van der Waals surface area (Å²) in [6.07, 6.45) is -4.78. The van der Waals surface area contributed by atoms with Crippen molar-refractivity contribution in [2.75, 3.05) is 7.05 Å². The molecular weight excluding hydrogens is 289 g/mol. The Morgan fingerprint density at radius 3 is 2.57 bits per heavy atom. The van der Waals surface area contributed by atoms with Crippen LogP contribution in [0.25, 0.3) is 0 Å². The minimum atomic E-state index is -4.78. The number of carbonyl (C=O) groups excluding carboxylic acids is 2. The summed E-state index contributed by atoms with van der Waals surface area (Å²) < 4.78 is 40.8. The number of alkyl halides is 3. The molecule has 0 radical (unpaired) electrons. The Bertz CT molecular complexity index is 560. The highest BCUT2D eigenvalue weighted by atomic mass is 19.4. The summed E-state index contributed by atoms with van der Waals surface area (Å²) in [5.41, 5.74) is 0.254. The molecule has 1 N–H and O–H groups in total. The van der Waals surface area contributed by atoms with E-state index in [0.29, 0.717) is 0 Å². The van der Waals surface area contributed by atoms with Gasteiger partial charge in [0.15, 0.2) is 0 Å². The van der Waals surface area contributed by atoms with Crippen LogP contribution in [-0.4, -0.2) is 36.2 Å². The molecule has 1 atom stereocenters. The Morgan fingerprint density at radius 1 is 1.33 bits per heavy atom. The quantitative estimate of drug-likeness (QED) is 0.855. The van der Waals surface area contributed by atoms with Crippen molar-refractivity contribution >= 4 is 11.8 Å². The first-order valence-corrected chi connectivity index (χ1v) is 6.15. The summed E-state index contributed by atoms with van der Waals surface area (Å²) >= 11 is 0. The topological polar surface area (TPSA) is 58.6 Å². The van der Waals surface area contributed by atoms with Gasteiger partial charge in [0.2, 0.25) is 11.8 Å². The van der Waals surface area contributed by atoms with E-state index in [4.69, 9.17) is 0 Å². The van der Waals surface area contributed by atoms with Gasteiger partial charge >= 0.3 is 6.36 Å². The molecule has 0 aromatic heterocycles. The van der Waals surface area contributed by atoms with E-state index in [1.807, 2.05) is 0 Å². The third kappa shape index (κ3) is 3.72. The zero-order chi connectivity index (χ0) is 15.6. The van der Waals surface area contributed by atoms with E-state index in [1.165, 1.54) is 25.2 Å². The van der Waals surface area contributed by atoms with Crippen molar-refractivity contribution in [1.29, 1.82) is 0 Å². The van der Waals surface area contributed by atoms with Crippen molar-refractivity contribution < 1.29 is 27.5 Å². The van der Waals surface area contributed by atoms with Gasteiger partial charge in [0.1, 0.15) is 5.75 Å². The second kappa shape index (κ2) is 5.72. The number of carbonyl (C=O) groups is 2. The van der Waals surface area contributed by atoms with Crippen LogP contribution in [0.2, 0.25) is 0 Å². The summed E-state index contributed by atoms with van der Waals surface area (Å²) in [7, 11) is 1.37. The predicted molar refractivity (Wildman–Crippen MR) is 66.1 cm³/mol. The minimum absolute atomic E-state index is 0.00235. The van der Waals surface area contributed by atoms with Crippen LogP contribution in [0.5, 0.6) is 5.75 Å². The molecule has 21 heavy (non-hydrogen) atoms. The minimum Gasteiger partial charge on any atom is -0.405 e. The molecule has 0 saturated carbocycles. The Kier molecular flexibility index (Phi) is 4.17. The van der Waals surface area contributed by atoms with Crippen molar-refractivity contribution in [3.63, 3.8) is 0 Å². The van der Waals surface area contributed by atoms with E-state index in [0.717, 1.165) is 4.90 Å². The smallest absolute Gasteiger partial charge is 0.405 e. The highest BCUT2D eigenvalue weighted by Gasteiger charge is 2.36. The highest BCUT2D eigenvalue weighted by Crippen LogP contribution is 2.26. The van der Waals surface area contributed by atoms with Crippen LogP contribution >= 0.6 is 0 Å². The Morgan fingerprint density at radius 2 is 2.00 bits per heavy atom. The van der Waals surface area contributed by atoms with Crippen LogP contribution in [-0.2, 0) is 16.1 Å². The number of rotatable bonds is 4. The molecule has 1 aromatic carbocycles. The molecule has 0 aliphatic carbocycles. The number of halogens is 3. The Balaban J connectivity index is 2.04. The second-order valence-corrected chi connectivity index (χ2v) is 4.58. The van der Waals surface area contributed by atoms with E-state index in [1.54, 1.807) is 6.07 Å². The molecule has 114 valence electrons. The van der Waals surface area contributed by atoms with Crippen LogP contribution in [0, 0.1) is 0 Å². The van der Waals surface area contributed by atoms with Gasteiger partial charge in [-0.2, -0.15) is 0 Å². The number of amides is 2. The average Bonchev–Trinajstić information content (AvgIpc) is 2.63. The molecule has 1 aliphatic rings. The second-order valence-electron chi connectivity index (χ2n) is 4.58. The normalized spacial score (nSPS) is 19.2. The fourth-order valence-electron chi connectivity index (χ4n) is 2.02. The molecule has 1 saturated heterocycles. The maximum absolute atomic E-state index is 12.3. The lowest BCUT2D eigenvalue weighted by Gasteiger charge is -2.15. The van der Waals surface area contributed by atoms with Gasteiger partial charge in [0, 0.05) is 19.2 Å². The van der Waals surface area contributed by atoms with E-state index < -0.39 is 18.3 Å². The number of nitrogens with one attached hydrogen (secondary N) is 1. The lowest BCUT2D eigenvalue weighted by atomic mass is 10.1. The first-order chi connectivity index (χ1) is 9.78. The predicted octanol–water partition coefficient (Wildman–Crippen LogP) is 1.43. The third-order valence-electron chi connectivity index (χ3n) is 3.12. The summed E-state index contributed by atoms with van der Waals surface area (Å²) in [4.78, 5) is 24.0. The molecule has 1 aromatic rings. The van der Waals surface area contributed by atoms with Crippen LogP contribution in [0.3, 0.4) is 0 Å². The van der Waals surface area contributed by atoms with Gasteiger partial charge in [-0.15, -0.1) is 13.2 Å². The number of hydrogen-bond acceptors (Lipinski definition) is 4. The molecule has 5 nitrogen and oxygen atoms in total. The molecule has 1 aliphatic heterocycles. The fraction of sp³-hybridized carbons (Fsp3) is 0.385. The molecular formula is C13H13F3N2O3. The van der Waals surface area contributed by atoms with E-state index in [2.05, 4.69) is 10.1 Å². The van der Waals surface area contributed by atoms with E-state index in [9.17, 15) is 22.8 Å². The van der Waals surface area contributed by atoms with Crippen molar-refractivity contribution in [2.45, 2.75) is 25.4 Å². The van der Waals surface area contributed by atoms with Crippen molar-refractivity contribution in [1.82, 2.24) is 10.2 Å². The summed E-state index contributed by atoms with van der Waals surface area (Å²) in [5, 5.41) is 2.78. The van der Waals surface area contributed by atoms with Gasteiger partial charge in [-0.1, -0.05) is 18.2 Å². The fourth-order valence-corrected chi connectivity index (χ4v) is 2.02. The zero-order valence-electron chi connectivity index (χ0n) is 11.1. The van der Waals surface area contributed by atoms with Crippen molar-refractivity contribution in [2.24, 2.45) is 0 Å². The number of likely N-dealkylation sites (N-methyl/N-ethyl adjacent to an activating group) is 1. The average molecular weight is 302 g/mol. The zero-order valence-corrected chi connectivity index (χ0v) is 11.1. The first kappa shape index (κ1) is 15.3. The molecule has 0 bridgehead atoms. The van der Waals surface area contributed by atoms with Gasteiger partial charge in [-0.05, 0) is 6.07 Å². The summed E-state index contributed by atoms with van der Waals surface area (Å²) in [5.74, 6) is -1.05. The van der Waals surface area contributed by atoms with Crippen LogP contribution in [0.1, 0.15) is 12.0 Å². The van der Waals surface area contributed by atoms with E-state index in [-0.39, 0.29) is 30.2 Å². The molecule has 8 heteroatoms. The summed E-state index contributed by atoms with van der Waals surface area (Å²) in [6.45, 7) is -0.0101. The maximum Gasteiger partial charge on any atom is 0.573 e. The van der Waals surface area contributed by atoms with Gasteiger partial charge in [-0.3, -0.25) is 14.5 Å². The lowest BCUT2D eigenvalue weighted by molar-refractivity contribution is -0.274. The number of hydrogen-bond donors (Lipinski definition) is 1. The van der Waals surface area contributed by atoms with Crippen LogP contribution < -0.4 is 10.1 Å². The molecule has 0 spiro atoms. The van der Waals surface area contributed by atoms with Crippen LogP contribution in [0.4, 0.5) is 13.2 Å². The van der Waals surface area contributed by atoms with Crippen LogP contribution in [0.15, 0.2) is 24.3 Å². The molecule has 1 heterocycles. The number of para-hydroxylation sites is 1. The van der Waals surface area contributed by atoms with Gasteiger partial charge < -0.3 is 10.1 Å². The SMILES string of the molecule is CN1C(=O)CC(NCc2ccccc2OC(F)(F)F)C1=O. The standard InChI is InChI=1S/C13H13F3N2O3/c1-18-11(19)6-9(12(18)20)17-7-8-4-2-3-5-10(8)21-13(14,15)16/h2-5,9,17H,6-7H2,1H3. The monoisotopic (exact) mass is 302 g/mol. The van der Waals surface area contributed by atoms with Crippen molar-refractivity contribution in [3.8, 4) is 5.75 Å². The molecule has 1 fully saturated rings. The molecule has 2 amide bonds. The lowest BCUT2D eigenvalue weighted by Crippen LogP contribution is -2.36. The largest absolute Gasteiger partial charge is 0.573 e. The number of ether oxygens (including phenoxy) is 1. The van der Waals surface area contributed by atoms with Crippen molar-refractivity contribution in [3.05, 3.63) is 29.8 Å². The number of imide groups is 1. The number of nitrogens with zero attached hydrogens (tertiary/aromatic N) is 1. The number of benzene rings is 1. The number of likely N-dealkylation sites (tertiary alicyclic amines) is 1. The Hall–Kier alpha value is -2.09. The summed E-state index contributed by atoms with van der Waals surface area (Å²) in [6, 6.07) is 4.91. The maximum atomic E-state index is 12.3. The third-order valence-corrected chi connectivity index (χ3v) is 3.12.